The molecule has 98 valence electrons. The Morgan fingerprint density at radius 2 is 2.33 bits per heavy atom. The van der Waals surface area contributed by atoms with Crippen LogP contribution in [0, 0.1) is 0 Å². The highest BCUT2D eigenvalue weighted by Gasteiger charge is 2.28. The Kier molecular flexibility index (Phi) is 4.09. The molecule has 2 rings (SSSR count). The summed E-state index contributed by atoms with van der Waals surface area (Å²) in [7, 11) is 0. The van der Waals surface area contributed by atoms with Gasteiger partial charge in [0.1, 0.15) is 5.75 Å². The largest absolute Gasteiger partial charge is 0.492 e. The van der Waals surface area contributed by atoms with Gasteiger partial charge in [-0.3, -0.25) is 4.79 Å². The number of rotatable bonds is 4. The number of halogens is 1. The average molecular weight is 269 g/mol. The highest BCUT2D eigenvalue weighted by molar-refractivity contribution is 6.32. The van der Waals surface area contributed by atoms with E-state index in [1.165, 1.54) is 0 Å². The molecule has 1 aromatic carbocycles. The van der Waals surface area contributed by atoms with E-state index >= 15 is 0 Å². The first-order valence-corrected chi connectivity index (χ1v) is 6.48. The van der Waals surface area contributed by atoms with Crippen molar-refractivity contribution in [2.24, 2.45) is 5.73 Å². The molecule has 0 spiro atoms. The number of benzene rings is 1. The van der Waals surface area contributed by atoms with E-state index in [1.807, 2.05) is 13.0 Å². The Morgan fingerprint density at radius 3 is 2.89 bits per heavy atom. The van der Waals surface area contributed by atoms with Gasteiger partial charge in [-0.15, -0.1) is 0 Å². The lowest BCUT2D eigenvalue weighted by molar-refractivity contribution is -0.117. The lowest BCUT2D eigenvalue weighted by atomic mass is 10.2. The third kappa shape index (κ3) is 2.76. The van der Waals surface area contributed by atoms with Crippen LogP contribution in [-0.2, 0) is 4.79 Å². The summed E-state index contributed by atoms with van der Waals surface area (Å²) in [6.07, 6.45) is 1.32. The van der Waals surface area contributed by atoms with Crippen molar-refractivity contribution in [3.63, 3.8) is 0 Å². The molecule has 1 aliphatic rings. The fourth-order valence-electron chi connectivity index (χ4n) is 1.97. The lowest BCUT2D eigenvalue weighted by Gasteiger charge is -2.17. The van der Waals surface area contributed by atoms with Gasteiger partial charge in [-0.1, -0.05) is 18.5 Å². The SMILES string of the molecule is CCCOc1ccc(N2CC(N)CC2=O)cc1Cl. The summed E-state index contributed by atoms with van der Waals surface area (Å²) < 4.78 is 5.49. The van der Waals surface area contributed by atoms with Crippen LogP contribution in [0.25, 0.3) is 0 Å². The van der Waals surface area contributed by atoms with Crippen LogP contribution in [0.3, 0.4) is 0 Å². The Balaban J connectivity index is 2.16. The maximum atomic E-state index is 11.7. The molecule has 1 heterocycles. The summed E-state index contributed by atoms with van der Waals surface area (Å²) in [5, 5.41) is 0.522. The zero-order valence-corrected chi connectivity index (χ0v) is 11.1. The normalized spacial score (nSPS) is 19.4. The molecule has 0 bridgehead atoms. The zero-order valence-electron chi connectivity index (χ0n) is 10.4. The molecule has 1 saturated heterocycles. The molecule has 1 amide bonds. The van der Waals surface area contributed by atoms with Crippen molar-refractivity contribution in [2.45, 2.75) is 25.8 Å². The number of carbonyl (C=O) groups is 1. The summed E-state index contributed by atoms with van der Waals surface area (Å²) in [5.41, 5.74) is 6.55. The number of nitrogens with two attached hydrogens (primary N) is 1. The van der Waals surface area contributed by atoms with Crippen LogP contribution < -0.4 is 15.4 Å². The van der Waals surface area contributed by atoms with Crippen LogP contribution in [-0.4, -0.2) is 25.1 Å². The minimum absolute atomic E-state index is 0.0424. The van der Waals surface area contributed by atoms with E-state index in [0.29, 0.717) is 30.3 Å². The van der Waals surface area contributed by atoms with Gasteiger partial charge >= 0.3 is 0 Å². The van der Waals surface area contributed by atoms with Crippen LogP contribution >= 0.6 is 11.6 Å². The Bertz CT molecular complexity index is 451. The van der Waals surface area contributed by atoms with Gasteiger partial charge in [0.2, 0.25) is 5.91 Å². The second-order valence-corrected chi connectivity index (χ2v) is 4.84. The molecule has 1 aliphatic heterocycles. The number of anilines is 1. The Hall–Kier alpha value is -1.26. The van der Waals surface area contributed by atoms with E-state index in [2.05, 4.69) is 0 Å². The molecule has 0 aliphatic carbocycles. The van der Waals surface area contributed by atoms with Crippen molar-refractivity contribution >= 4 is 23.2 Å². The topological polar surface area (TPSA) is 55.6 Å². The number of hydrogen-bond acceptors (Lipinski definition) is 3. The van der Waals surface area contributed by atoms with Gasteiger partial charge in [0, 0.05) is 24.7 Å². The summed E-state index contributed by atoms with van der Waals surface area (Å²) in [4.78, 5) is 13.4. The zero-order chi connectivity index (χ0) is 13.1. The molecule has 4 nitrogen and oxygen atoms in total. The molecule has 2 N–H and O–H groups in total. The molecule has 0 saturated carbocycles. The maximum Gasteiger partial charge on any atom is 0.228 e. The smallest absolute Gasteiger partial charge is 0.228 e. The Labute approximate surface area is 112 Å². The highest BCUT2D eigenvalue weighted by Crippen LogP contribution is 2.31. The molecule has 1 fully saturated rings. The molecule has 1 aromatic rings. The number of amides is 1. The molecule has 1 unspecified atom stereocenters. The molecular formula is C13H17ClN2O2. The van der Waals surface area contributed by atoms with Gasteiger partial charge in [0.25, 0.3) is 0 Å². The van der Waals surface area contributed by atoms with Crippen molar-refractivity contribution in [1.82, 2.24) is 0 Å². The van der Waals surface area contributed by atoms with E-state index in [9.17, 15) is 4.79 Å². The quantitative estimate of drug-likeness (QED) is 0.911. The number of nitrogens with zero attached hydrogens (tertiary/aromatic N) is 1. The number of hydrogen-bond donors (Lipinski definition) is 1. The maximum absolute atomic E-state index is 11.7. The van der Waals surface area contributed by atoms with E-state index in [0.717, 1.165) is 12.1 Å². The van der Waals surface area contributed by atoms with Crippen molar-refractivity contribution in [1.29, 1.82) is 0 Å². The van der Waals surface area contributed by atoms with Crippen LogP contribution in [0.5, 0.6) is 5.75 Å². The third-order valence-electron chi connectivity index (χ3n) is 2.84. The van der Waals surface area contributed by atoms with Crippen molar-refractivity contribution in [2.75, 3.05) is 18.1 Å². The summed E-state index contributed by atoms with van der Waals surface area (Å²) in [5.74, 6) is 0.694. The summed E-state index contributed by atoms with van der Waals surface area (Å²) >= 11 is 6.13. The number of ether oxygens (including phenoxy) is 1. The first-order valence-electron chi connectivity index (χ1n) is 6.10. The minimum atomic E-state index is -0.0905. The van der Waals surface area contributed by atoms with Crippen LogP contribution in [0.1, 0.15) is 19.8 Å². The second-order valence-electron chi connectivity index (χ2n) is 4.43. The van der Waals surface area contributed by atoms with Crippen LogP contribution in [0.2, 0.25) is 5.02 Å². The monoisotopic (exact) mass is 268 g/mol. The van der Waals surface area contributed by atoms with Crippen LogP contribution in [0.4, 0.5) is 5.69 Å². The van der Waals surface area contributed by atoms with Gasteiger partial charge in [-0.05, 0) is 24.6 Å². The minimum Gasteiger partial charge on any atom is -0.492 e. The van der Waals surface area contributed by atoms with Gasteiger partial charge in [-0.25, -0.2) is 0 Å². The van der Waals surface area contributed by atoms with Gasteiger partial charge in [-0.2, -0.15) is 0 Å². The molecule has 5 heteroatoms. The van der Waals surface area contributed by atoms with E-state index < -0.39 is 0 Å². The number of carbonyl (C=O) groups excluding carboxylic acids is 1. The van der Waals surface area contributed by atoms with Gasteiger partial charge in [0.15, 0.2) is 0 Å². The second kappa shape index (κ2) is 5.59. The van der Waals surface area contributed by atoms with E-state index in [-0.39, 0.29) is 11.9 Å². The average Bonchev–Trinajstić information content (AvgIpc) is 2.67. The van der Waals surface area contributed by atoms with Gasteiger partial charge in [0.05, 0.1) is 11.6 Å². The molecule has 0 radical (unpaired) electrons. The standard InChI is InChI=1S/C13H17ClN2O2/c1-2-5-18-12-4-3-10(7-11(12)14)16-8-9(15)6-13(16)17/h3-4,7,9H,2,5-6,8,15H2,1H3. The summed E-state index contributed by atoms with van der Waals surface area (Å²) in [6, 6.07) is 5.30. The summed E-state index contributed by atoms with van der Waals surface area (Å²) in [6.45, 7) is 3.21. The van der Waals surface area contributed by atoms with Crippen molar-refractivity contribution in [3.8, 4) is 5.75 Å². The van der Waals surface area contributed by atoms with E-state index in [1.54, 1.807) is 17.0 Å². The van der Waals surface area contributed by atoms with Gasteiger partial charge < -0.3 is 15.4 Å². The molecular weight excluding hydrogens is 252 g/mol. The highest BCUT2D eigenvalue weighted by atomic mass is 35.5. The third-order valence-corrected chi connectivity index (χ3v) is 3.14. The van der Waals surface area contributed by atoms with E-state index in [4.69, 9.17) is 22.1 Å². The molecule has 1 atom stereocenters. The van der Waals surface area contributed by atoms with Crippen molar-refractivity contribution < 1.29 is 9.53 Å². The first kappa shape index (κ1) is 13.2. The van der Waals surface area contributed by atoms with Crippen molar-refractivity contribution in [3.05, 3.63) is 23.2 Å². The first-order chi connectivity index (χ1) is 8.61. The predicted molar refractivity (Wildman–Crippen MR) is 72.2 cm³/mol. The fraction of sp³-hybridized carbons (Fsp3) is 0.462. The molecule has 0 aromatic heterocycles. The fourth-order valence-corrected chi connectivity index (χ4v) is 2.20. The predicted octanol–water partition coefficient (Wildman–Crippen LogP) is 2.19. The lowest BCUT2D eigenvalue weighted by Crippen LogP contribution is -2.27. The molecule has 18 heavy (non-hydrogen) atoms. The van der Waals surface area contributed by atoms with Crippen LogP contribution in [0.15, 0.2) is 18.2 Å². The Morgan fingerprint density at radius 1 is 1.56 bits per heavy atom.